The van der Waals surface area contributed by atoms with Gasteiger partial charge in [0.25, 0.3) is 5.91 Å². The minimum absolute atomic E-state index is 0.449. The fraction of sp³-hybridized carbons (Fsp3) is 0.429. The number of rotatable bonds is 4. The number of carbonyl (C=O) groups is 1. The number of nitrogens with two attached hydrogens (primary N) is 1. The molecule has 0 aromatic carbocycles. The Bertz CT molecular complexity index is 663. The van der Waals surface area contributed by atoms with Gasteiger partial charge in [0, 0.05) is 38.9 Å². The fourth-order valence-electron chi connectivity index (χ4n) is 2.56. The lowest BCUT2D eigenvalue weighted by atomic mass is 10.2. The van der Waals surface area contributed by atoms with Crippen molar-refractivity contribution >= 4 is 11.7 Å². The molecular weight excluding hydrogens is 284 g/mol. The first kappa shape index (κ1) is 14.5. The number of pyridine rings is 1. The molecule has 3 rings (SSSR count). The van der Waals surface area contributed by atoms with Crippen LogP contribution < -0.4 is 10.6 Å². The van der Waals surface area contributed by atoms with Gasteiger partial charge in [0.15, 0.2) is 0 Å². The summed E-state index contributed by atoms with van der Waals surface area (Å²) in [6.07, 6.45) is 1.68. The SMILES string of the molecule is Cc1nonc1CN1CCN(c2ncccc2C(N)=O)CC1. The van der Waals surface area contributed by atoms with E-state index < -0.39 is 5.91 Å². The van der Waals surface area contributed by atoms with Gasteiger partial charge in [0.1, 0.15) is 17.2 Å². The average molecular weight is 302 g/mol. The first-order chi connectivity index (χ1) is 10.6. The number of carbonyl (C=O) groups excluding carboxylic acids is 1. The van der Waals surface area contributed by atoms with Gasteiger partial charge in [-0.05, 0) is 19.1 Å². The van der Waals surface area contributed by atoms with Crippen molar-refractivity contribution in [3.63, 3.8) is 0 Å². The van der Waals surface area contributed by atoms with E-state index in [9.17, 15) is 4.79 Å². The zero-order valence-corrected chi connectivity index (χ0v) is 12.4. The number of aryl methyl sites for hydroxylation is 1. The summed E-state index contributed by atoms with van der Waals surface area (Å²) in [5.41, 5.74) is 7.57. The monoisotopic (exact) mass is 302 g/mol. The maximum absolute atomic E-state index is 11.5. The van der Waals surface area contributed by atoms with Crippen LogP contribution in [0.15, 0.2) is 23.0 Å². The normalized spacial score (nSPS) is 16.0. The largest absolute Gasteiger partial charge is 0.365 e. The van der Waals surface area contributed by atoms with Crippen molar-refractivity contribution < 1.29 is 9.42 Å². The minimum atomic E-state index is -0.449. The molecule has 116 valence electrons. The molecular formula is C14H18N6O2. The van der Waals surface area contributed by atoms with Gasteiger partial charge < -0.3 is 10.6 Å². The number of nitrogens with zero attached hydrogens (tertiary/aromatic N) is 5. The molecule has 22 heavy (non-hydrogen) atoms. The quantitative estimate of drug-likeness (QED) is 0.860. The molecule has 1 saturated heterocycles. The lowest BCUT2D eigenvalue weighted by Crippen LogP contribution is -2.47. The zero-order chi connectivity index (χ0) is 15.5. The molecule has 1 fully saturated rings. The summed E-state index contributed by atoms with van der Waals surface area (Å²) in [7, 11) is 0. The zero-order valence-electron chi connectivity index (χ0n) is 12.4. The number of piperazine rings is 1. The second kappa shape index (κ2) is 6.10. The van der Waals surface area contributed by atoms with Crippen LogP contribution in [0.4, 0.5) is 5.82 Å². The van der Waals surface area contributed by atoms with Crippen LogP contribution in [-0.4, -0.2) is 52.3 Å². The number of anilines is 1. The van der Waals surface area contributed by atoms with Crippen molar-refractivity contribution in [2.24, 2.45) is 5.73 Å². The van der Waals surface area contributed by atoms with Crippen LogP contribution in [0.25, 0.3) is 0 Å². The Hall–Kier alpha value is -2.48. The highest BCUT2D eigenvalue weighted by atomic mass is 16.6. The van der Waals surface area contributed by atoms with Crippen LogP contribution in [0.3, 0.4) is 0 Å². The second-order valence-electron chi connectivity index (χ2n) is 5.30. The molecule has 1 amide bonds. The highest BCUT2D eigenvalue weighted by molar-refractivity contribution is 5.97. The molecule has 0 unspecified atom stereocenters. The van der Waals surface area contributed by atoms with Gasteiger partial charge in [-0.25, -0.2) is 9.61 Å². The van der Waals surface area contributed by atoms with Gasteiger partial charge in [0.2, 0.25) is 0 Å². The van der Waals surface area contributed by atoms with Crippen molar-refractivity contribution in [1.82, 2.24) is 20.2 Å². The first-order valence-corrected chi connectivity index (χ1v) is 7.15. The van der Waals surface area contributed by atoms with Crippen molar-refractivity contribution in [3.05, 3.63) is 35.3 Å². The van der Waals surface area contributed by atoms with Crippen LogP contribution in [-0.2, 0) is 6.54 Å². The van der Waals surface area contributed by atoms with Crippen LogP contribution in [0.2, 0.25) is 0 Å². The smallest absolute Gasteiger partial charge is 0.252 e. The first-order valence-electron chi connectivity index (χ1n) is 7.15. The number of primary amides is 1. The van der Waals surface area contributed by atoms with Crippen LogP contribution in [0, 0.1) is 6.92 Å². The summed E-state index contributed by atoms with van der Waals surface area (Å²) in [4.78, 5) is 20.2. The van der Waals surface area contributed by atoms with Gasteiger partial charge >= 0.3 is 0 Å². The molecule has 0 spiro atoms. The lowest BCUT2D eigenvalue weighted by Gasteiger charge is -2.35. The highest BCUT2D eigenvalue weighted by Crippen LogP contribution is 2.19. The third-order valence-electron chi connectivity index (χ3n) is 3.84. The second-order valence-corrected chi connectivity index (χ2v) is 5.30. The van der Waals surface area contributed by atoms with E-state index in [4.69, 9.17) is 10.4 Å². The van der Waals surface area contributed by atoms with E-state index in [0.29, 0.717) is 17.9 Å². The third kappa shape index (κ3) is 2.91. The Balaban J connectivity index is 1.65. The molecule has 2 aromatic rings. The maximum atomic E-state index is 11.5. The molecule has 8 nitrogen and oxygen atoms in total. The molecule has 8 heteroatoms. The Morgan fingerprint density at radius 2 is 2.09 bits per heavy atom. The van der Waals surface area contributed by atoms with Gasteiger partial charge in [-0.3, -0.25) is 9.69 Å². The van der Waals surface area contributed by atoms with Crippen LogP contribution in [0.1, 0.15) is 21.7 Å². The molecule has 1 aliphatic heterocycles. The molecule has 0 radical (unpaired) electrons. The average Bonchev–Trinajstić information content (AvgIpc) is 2.93. The Kier molecular flexibility index (Phi) is 4.01. The van der Waals surface area contributed by atoms with E-state index >= 15 is 0 Å². The number of hydrogen-bond donors (Lipinski definition) is 1. The predicted octanol–water partition coefficient (Wildman–Crippen LogP) is 0.194. The molecule has 1 aliphatic rings. The fourth-order valence-corrected chi connectivity index (χ4v) is 2.56. The molecule has 2 aromatic heterocycles. The molecule has 0 saturated carbocycles. The van der Waals surface area contributed by atoms with Gasteiger partial charge in [-0.2, -0.15) is 0 Å². The minimum Gasteiger partial charge on any atom is -0.365 e. The highest BCUT2D eigenvalue weighted by Gasteiger charge is 2.22. The number of amides is 1. The maximum Gasteiger partial charge on any atom is 0.252 e. The van der Waals surface area contributed by atoms with Gasteiger partial charge in [-0.1, -0.05) is 10.3 Å². The molecule has 0 bridgehead atoms. The van der Waals surface area contributed by atoms with Gasteiger partial charge in [0.05, 0.1) is 5.56 Å². The Morgan fingerprint density at radius 3 is 2.73 bits per heavy atom. The van der Waals surface area contributed by atoms with E-state index in [2.05, 4.69) is 25.1 Å². The predicted molar refractivity (Wildman–Crippen MR) is 79.3 cm³/mol. The van der Waals surface area contributed by atoms with E-state index in [-0.39, 0.29) is 0 Å². The lowest BCUT2D eigenvalue weighted by molar-refractivity contribution is 0.1000. The number of hydrogen-bond acceptors (Lipinski definition) is 7. The molecule has 0 aliphatic carbocycles. The molecule has 2 N–H and O–H groups in total. The Morgan fingerprint density at radius 1 is 1.32 bits per heavy atom. The van der Waals surface area contributed by atoms with E-state index in [1.54, 1.807) is 18.3 Å². The van der Waals surface area contributed by atoms with E-state index in [1.165, 1.54) is 0 Å². The Labute approximate surface area is 127 Å². The summed E-state index contributed by atoms with van der Waals surface area (Å²) >= 11 is 0. The molecule has 0 atom stereocenters. The summed E-state index contributed by atoms with van der Waals surface area (Å²) in [5, 5.41) is 7.70. The standard InChI is InChI=1S/C14H18N6O2/c1-10-12(18-22-17-10)9-19-5-7-20(8-6-19)14-11(13(15)21)3-2-4-16-14/h2-4H,5-9H2,1H3,(H2,15,21). The third-order valence-corrected chi connectivity index (χ3v) is 3.84. The summed E-state index contributed by atoms with van der Waals surface area (Å²) in [5.74, 6) is 0.212. The van der Waals surface area contributed by atoms with Crippen molar-refractivity contribution in [1.29, 1.82) is 0 Å². The van der Waals surface area contributed by atoms with Crippen molar-refractivity contribution in [2.75, 3.05) is 31.1 Å². The summed E-state index contributed by atoms with van der Waals surface area (Å²) in [6, 6.07) is 3.43. The molecule has 3 heterocycles. The van der Waals surface area contributed by atoms with Crippen LogP contribution >= 0.6 is 0 Å². The van der Waals surface area contributed by atoms with Crippen molar-refractivity contribution in [3.8, 4) is 0 Å². The van der Waals surface area contributed by atoms with E-state index in [0.717, 1.165) is 37.6 Å². The topological polar surface area (TPSA) is 101 Å². The summed E-state index contributed by atoms with van der Waals surface area (Å²) in [6.45, 7) is 5.86. The van der Waals surface area contributed by atoms with Crippen LogP contribution in [0.5, 0.6) is 0 Å². The number of aromatic nitrogens is 3. The van der Waals surface area contributed by atoms with Gasteiger partial charge in [-0.15, -0.1) is 0 Å². The summed E-state index contributed by atoms with van der Waals surface area (Å²) < 4.78 is 4.72. The van der Waals surface area contributed by atoms with E-state index in [1.807, 2.05) is 6.92 Å². The van der Waals surface area contributed by atoms with Crippen molar-refractivity contribution in [2.45, 2.75) is 13.5 Å².